The van der Waals surface area contributed by atoms with Gasteiger partial charge in [-0.2, -0.15) is 0 Å². The van der Waals surface area contributed by atoms with E-state index >= 15 is 0 Å². The lowest BCUT2D eigenvalue weighted by Crippen LogP contribution is -2.38. The molecular weight excluding hydrogens is 308 g/mol. The Morgan fingerprint density at radius 3 is 2.12 bits per heavy atom. The summed E-state index contributed by atoms with van der Waals surface area (Å²) in [7, 11) is 1.53. The number of benzene rings is 2. The Morgan fingerprint density at radius 1 is 0.917 bits per heavy atom. The SMILES string of the molecule is COc1cc2c(cc1O)C1c3cc(O)c(O)cc3CC(C2)C1CO. The van der Waals surface area contributed by atoms with Gasteiger partial charge in [-0.15, -0.1) is 0 Å². The van der Waals surface area contributed by atoms with Crippen LogP contribution in [0.5, 0.6) is 23.0 Å². The molecular formula is C19H20O5. The van der Waals surface area contributed by atoms with Gasteiger partial charge in [0.05, 0.1) is 7.11 Å². The maximum Gasteiger partial charge on any atom is 0.160 e. The molecule has 0 aromatic heterocycles. The molecule has 2 aromatic rings. The van der Waals surface area contributed by atoms with Crippen molar-refractivity contribution in [2.75, 3.05) is 13.7 Å². The van der Waals surface area contributed by atoms with Crippen molar-refractivity contribution in [2.24, 2.45) is 11.8 Å². The van der Waals surface area contributed by atoms with Crippen LogP contribution in [0.1, 0.15) is 28.2 Å². The Kier molecular flexibility index (Phi) is 3.35. The minimum absolute atomic E-state index is 0.0294. The highest BCUT2D eigenvalue weighted by atomic mass is 16.5. The van der Waals surface area contributed by atoms with Gasteiger partial charge in [0, 0.05) is 12.5 Å². The summed E-state index contributed by atoms with van der Waals surface area (Å²) in [6.07, 6.45) is 1.53. The number of ether oxygens (including phenoxy) is 1. The fourth-order valence-electron chi connectivity index (χ4n) is 4.45. The van der Waals surface area contributed by atoms with Crippen molar-refractivity contribution in [1.82, 2.24) is 0 Å². The largest absolute Gasteiger partial charge is 0.504 e. The van der Waals surface area contributed by atoms with Crippen LogP contribution in [0.4, 0.5) is 0 Å². The minimum atomic E-state index is -0.159. The molecule has 5 nitrogen and oxygen atoms in total. The van der Waals surface area contributed by atoms with E-state index in [2.05, 4.69) is 0 Å². The lowest BCUT2D eigenvalue weighted by atomic mass is 9.60. The quantitative estimate of drug-likeness (QED) is 0.635. The van der Waals surface area contributed by atoms with Crippen LogP contribution in [0.2, 0.25) is 0 Å². The van der Waals surface area contributed by atoms with Crippen molar-refractivity contribution in [1.29, 1.82) is 0 Å². The molecule has 0 heterocycles. The van der Waals surface area contributed by atoms with E-state index in [1.54, 1.807) is 18.2 Å². The number of hydrogen-bond donors (Lipinski definition) is 4. The van der Waals surface area contributed by atoms with Gasteiger partial charge in [0.15, 0.2) is 23.0 Å². The van der Waals surface area contributed by atoms with Gasteiger partial charge in [-0.25, -0.2) is 0 Å². The molecule has 0 saturated heterocycles. The zero-order valence-electron chi connectivity index (χ0n) is 13.4. The van der Waals surface area contributed by atoms with E-state index in [0.29, 0.717) is 5.75 Å². The molecule has 0 aliphatic heterocycles. The van der Waals surface area contributed by atoms with Gasteiger partial charge >= 0.3 is 0 Å². The fraction of sp³-hybridized carbons (Fsp3) is 0.368. The number of aliphatic hydroxyl groups excluding tert-OH is 1. The molecule has 3 atom stereocenters. The number of methoxy groups -OCH3 is 1. The maximum atomic E-state index is 10.2. The second kappa shape index (κ2) is 5.31. The van der Waals surface area contributed by atoms with Crippen molar-refractivity contribution in [3.63, 3.8) is 0 Å². The van der Waals surface area contributed by atoms with Crippen LogP contribution in [0, 0.1) is 11.8 Å². The molecule has 5 heteroatoms. The second-order valence-corrected chi connectivity index (χ2v) is 6.76. The van der Waals surface area contributed by atoms with Gasteiger partial charge in [0.2, 0.25) is 0 Å². The summed E-state index contributed by atoms with van der Waals surface area (Å²) in [5, 5.41) is 39.9. The first-order valence-electron chi connectivity index (χ1n) is 8.08. The second-order valence-electron chi connectivity index (χ2n) is 6.76. The zero-order valence-corrected chi connectivity index (χ0v) is 13.4. The van der Waals surface area contributed by atoms with Crippen molar-refractivity contribution in [3.8, 4) is 23.0 Å². The van der Waals surface area contributed by atoms with Crippen molar-refractivity contribution >= 4 is 0 Å². The van der Waals surface area contributed by atoms with Gasteiger partial charge < -0.3 is 25.2 Å². The summed E-state index contributed by atoms with van der Waals surface area (Å²) in [6, 6.07) is 6.78. The van der Waals surface area contributed by atoms with Gasteiger partial charge in [0.25, 0.3) is 0 Å². The predicted octanol–water partition coefficient (Wildman–Crippen LogP) is 2.28. The van der Waals surface area contributed by atoms with E-state index in [0.717, 1.165) is 35.1 Å². The van der Waals surface area contributed by atoms with Crippen LogP contribution in [0.15, 0.2) is 24.3 Å². The fourth-order valence-corrected chi connectivity index (χ4v) is 4.45. The molecule has 0 fully saturated rings. The van der Waals surface area contributed by atoms with Crippen LogP contribution in [0.25, 0.3) is 0 Å². The maximum absolute atomic E-state index is 10.2. The average Bonchev–Trinajstić information content (AvgIpc) is 2.56. The zero-order chi connectivity index (χ0) is 17.0. The Labute approximate surface area is 139 Å². The predicted molar refractivity (Wildman–Crippen MR) is 87.7 cm³/mol. The molecule has 24 heavy (non-hydrogen) atoms. The Balaban J connectivity index is 1.94. The molecule has 0 spiro atoms. The highest BCUT2D eigenvalue weighted by molar-refractivity contribution is 5.57. The van der Waals surface area contributed by atoms with Crippen LogP contribution in [0.3, 0.4) is 0 Å². The molecule has 0 radical (unpaired) electrons. The standard InChI is InChI=1S/C19H20O5/c1-24-18-5-11-3-9-2-10-4-15(21)16(22)6-12(10)19(14(9)8-20)13(11)7-17(18)23/h4-7,9,14,19-23H,2-3,8H2,1H3. The number of phenolic OH excluding ortho intramolecular Hbond substituents is 3. The van der Waals surface area contributed by atoms with Crippen LogP contribution < -0.4 is 4.74 Å². The Hall–Kier alpha value is -2.40. The summed E-state index contributed by atoms with van der Waals surface area (Å²) >= 11 is 0. The highest BCUT2D eigenvalue weighted by Crippen LogP contribution is 2.52. The first-order chi connectivity index (χ1) is 11.5. The molecule has 126 valence electrons. The van der Waals surface area contributed by atoms with Gasteiger partial charge in [-0.05, 0) is 71.2 Å². The van der Waals surface area contributed by atoms with E-state index in [-0.39, 0.29) is 41.6 Å². The first-order valence-corrected chi connectivity index (χ1v) is 8.08. The summed E-state index contributed by atoms with van der Waals surface area (Å²) in [5.74, 6) is 0.404. The normalized spacial score (nSPS) is 24.2. The van der Waals surface area contributed by atoms with Crippen molar-refractivity contribution in [3.05, 3.63) is 46.5 Å². The van der Waals surface area contributed by atoms with Crippen LogP contribution >= 0.6 is 0 Å². The summed E-state index contributed by atoms with van der Waals surface area (Å²) in [5.41, 5.74) is 3.95. The van der Waals surface area contributed by atoms with Crippen molar-refractivity contribution in [2.45, 2.75) is 18.8 Å². The number of phenols is 3. The smallest absolute Gasteiger partial charge is 0.160 e. The monoisotopic (exact) mass is 328 g/mol. The van der Waals surface area contributed by atoms with E-state index in [9.17, 15) is 20.4 Å². The van der Waals surface area contributed by atoms with Crippen LogP contribution in [-0.2, 0) is 12.8 Å². The topological polar surface area (TPSA) is 90.2 Å². The Bertz CT molecular complexity index is 814. The number of aliphatic hydroxyl groups is 1. The molecule has 4 rings (SSSR count). The van der Waals surface area contributed by atoms with E-state index in [4.69, 9.17) is 4.74 Å². The molecule has 0 amide bonds. The lowest BCUT2D eigenvalue weighted by molar-refractivity contribution is 0.140. The minimum Gasteiger partial charge on any atom is -0.504 e. The molecule has 2 aromatic carbocycles. The third-order valence-electron chi connectivity index (χ3n) is 5.56. The van der Waals surface area contributed by atoms with Gasteiger partial charge in [0.1, 0.15) is 0 Å². The van der Waals surface area contributed by atoms with Crippen LogP contribution in [-0.4, -0.2) is 34.1 Å². The Morgan fingerprint density at radius 2 is 1.50 bits per heavy atom. The molecule has 2 bridgehead atoms. The summed E-state index contributed by atoms with van der Waals surface area (Å²) in [6.45, 7) is 0.0443. The van der Waals surface area contributed by atoms with E-state index in [1.807, 2.05) is 6.07 Å². The third kappa shape index (κ3) is 2.04. The van der Waals surface area contributed by atoms with Crippen molar-refractivity contribution < 1.29 is 25.2 Å². The van der Waals surface area contributed by atoms with Gasteiger partial charge in [-0.1, -0.05) is 0 Å². The number of rotatable bonds is 2. The summed E-state index contributed by atoms with van der Waals surface area (Å²) < 4.78 is 5.22. The number of fused-ring (bicyclic) bond motifs is 6. The summed E-state index contributed by atoms with van der Waals surface area (Å²) in [4.78, 5) is 0. The molecule has 4 N–H and O–H groups in total. The van der Waals surface area contributed by atoms with E-state index in [1.165, 1.54) is 7.11 Å². The van der Waals surface area contributed by atoms with Gasteiger partial charge in [-0.3, -0.25) is 0 Å². The van der Waals surface area contributed by atoms with E-state index < -0.39 is 0 Å². The third-order valence-corrected chi connectivity index (χ3v) is 5.56. The lowest BCUT2D eigenvalue weighted by Gasteiger charge is -2.44. The molecule has 0 saturated carbocycles. The average molecular weight is 328 g/mol. The molecule has 2 aliphatic rings. The molecule has 3 unspecified atom stereocenters. The number of hydrogen-bond acceptors (Lipinski definition) is 5. The molecule has 2 aliphatic carbocycles. The highest BCUT2D eigenvalue weighted by Gasteiger charge is 2.42. The first kappa shape index (κ1) is 15.1. The number of aromatic hydroxyl groups is 3.